The standard InChI is InChI=1S/C37H78N.BrH.H3N/c1-5-8-11-14-17-20-23-26-29-32-35-38(4,36-33-30-27-24-21-18-15-12-9-6-2)37-34-31-28-25-22-19-16-13-10-7-3;;/h5-37H2,1-4H3;1H;1H3/q+1;;. The zero-order valence-electron chi connectivity index (χ0n) is 28.9. The van der Waals surface area contributed by atoms with Crippen molar-refractivity contribution in [3.05, 3.63) is 0 Å². The molecule has 0 radical (unpaired) electrons. The third-order valence-electron chi connectivity index (χ3n) is 9.15. The van der Waals surface area contributed by atoms with Crippen molar-refractivity contribution < 1.29 is 4.48 Å². The molecule has 0 aliphatic rings. The predicted octanol–water partition coefficient (Wildman–Crippen LogP) is 13.9. The van der Waals surface area contributed by atoms with Crippen molar-refractivity contribution in [1.29, 1.82) is 0 Å². The summed E-state index contributed by atoms with van der Waals surface area (Å²) in [5.74, 6) is 0. The van der Waals surface area contributed by atoms with E-state index in [2.05, 4.69) is 27.8 Å². The van der Waals surface area contributed by atoms with Gasteiger partial charge in [0, 0.05) is 0 Å². The Hall–Kier alpha value is 0.400. The fourth-order valence-electron chi connectivity index (χ4n) is 6.28. The average molecular weight is 635 g/mol. The van der Waals surface area contributed by atoms with Gasteiger partial charge < -0.3 is 10.6 Å². The van der Waals surface area contributed by atoms with E-state index in [1.54, 1.807) is 0 Å². The Balaban J connectivity index is -0.00000684. The van der Waals surface area contributed by atoms with Gasteiger partial charge in [-0.15, -0.1) is 17.0 Å². The van der Waals surface area contributed by atoms with Gasteiger partial charge in [-0.25, -0.2) is 0 Å². The van der Waals surface area contributed by atoms with Gasteiger partial charge in [-0.1, -0.05) is 175 Å². The van der Waals surface area contributed by atoms with E-state index in [1.165, 1.54) is 217 Å². The topological polar surface area (TPSA) is 35.0 Å². The maximum atomic E-state index is 2.61. The summed E-state index contributed by atoms with van der Waals surface area (Å²) in [6, 6.07) is 0. The lowest BCUT2D eigenvalue weighted by Crippen LogP contribution is -2.46. The lowest BCUT2D eigenvalue weighted by molar-refractivity contribution is -0.910. The molecule has 0 aromatic heterocycles. The SMILES string of the molecule is Br.CCCCCCCCCCCC[N+](C)(CCCCCCCCCCCC)CCCCCCCCCCCC.N. The molecule has 0 aromatic rings. The minimum atomic E-state index is 0. The van der Waals surface area contributed by atoms with E-state index in [9.17, 15) is 0 Å². The van der Waals surface area contributed by atoms with E-state index in [0.29, 0.717) is 0 Å². The minimum Gasteiger partial charge on any atom is -0.344 e. The highest BCUT2D eigenvalue weighted by Crippen LogP contribution is 2.18. The summed E-state index contributed by atoms with van der Waals surface area (Å²) in [6.45, 7) is 11.3. The van der Waals surface area contributed by atoms with Gasteiger partial charge in [0.25, 0.3) is 0 Å². The zero-order valence-corrected chi connectivity index (χ0v) is 30.6. The van der Waals surface area contributed by atoms with Crippen molar-refractivity contribution >= 4 is 17.0 Å². The van der Waals surface area contributed by atoms with Crippen LogP contribution < -0.4 is 6.15 Å². The zero-order chi connectivity index (χ0) is 27.8. The van der Waals surface area contributed by atoms with Crippen LogP contribution in [0.5, 0.6) is 0 Å². The van der Waals surface area contributed by atoms with Gasteiger partial charge in [0.15, 0.2) is 0 Å². The number of quaternary nitrogens is 1. The van der Waals surface area contributed by atoms with E-state index in [4.69, 9.17) is 0 Å². The summed E-state index contributed by atoms with van der Waals surface area (Å²) < 4.78 is 1.37. The van der Waals surface area contributed by atoms with E-state index in [-0.39, 0.29) is 23.1 Å². The monoisotopic (exact) mass is 634 g/mol. The molecule has 0 heterocycles. The molecule has 246 valence electrons. The molecule has 0 bridgehead atoms. The van der Waals surface area contributed by atoms with Crippen LogP contribution in [0.15, 0.2) is 0 Å². The Bertz CT molecular complexity index is 369. The smallest absolute Gasteiger partial charge is 0.0784 e. The molecule has 3 heteroatoms. The third kappa shape index (κ3) is 34.6. The van der Waals surface area contributed by atoms with Crippen LogP contribution in [0.3, 0.4) is 0 Å². The molecule has 0 atom stereocenters. The lowest BCUT2D eigenvalue weighted by Gasteiger charge is -2.35. The first-order chi connectivity index (χ1) is 18.7. The van der Waals surface area contributed by atoms with E-state index >= 15 is 0 Å². The van der Waals surface area contributed by atoms with Gasteiger partial charge in [-0.2, -0.15) is 0 Å². The Morgan fingerprint density at radius 2 is 0.425 bits per heavy atom. The number of hydrogen-bond donors (Lipinski definition) is 1. The highest BCUT2D eigenvalue weighted by Gasteiger charge is 2.20. The first-order valence-electron chi connectivity index (χ1n) is 18.5. The van der Waals surface area contributed by atoms with E-state index in [1.807, 2.05) is 0 Å². The van der Waals surface area contributed by atoms with Crippen LogP contribution in [0.2, 0.25) is 0 Å². The van der Waals surface area contributed by atoms with Crippen LogP contribution in [0, 0.1) is 0 Å². The minimum absolute atomic E-state index is 0. The van der Waals surface area contributed by atoms with Crippen LogP contribution in [-0.2, 0) is 0 Å². The van der Waals surface area contributed by atoms with Crippen molar-refractivity contribution in [2.24, 2.45) is 0 Å². The van der Waals surface area contributed by atoms with Gasteiger partial charge in [0.1, 0.15) is 0 Å². The van der Waals surface area contributed by atoms with Gasteiger partial charge in [0.2, 0.25) is 0 Å². The molecule has 40 heavy (non-hydrogen) atoms. The average Bonchev–Trinajstić information content (AvgIpc) is 2.92. The predicted molar refractivity (Wildman–Crippen MR) is 192 cm³/mol. The number of rotatable bonds is 33. The van der Waals surface area contributed by atoms with Gasteiger partial charge in [0.05, 0.1) is 26.7 Å². The largest absolute Gasteiger partial charge is 0.344 e. The summed E-state index contributed by atoms with van der Waals surface area (Å²) >= 11 is 0. The second-order valence-corrected chi connectivity index (χ2v) is 13.3. The molecule has 2 nitrogen and oxygen atoms in total. The van der Waals surface area contributed by atoms with Crippen molar-refractivity contribution in [3.8, 4) is 0 Å². The van der Waals surface area contributed by atoms with Crippen molar-refractivity contribution in [1.82, 2.24) is 6.15 Å². The van der Waals surface area contributed by atoms with Crippen molar-refractivity contribution in [3.63, 3.8) is 0 Å². The Kier molecular flexibility index (Phi) is 42.0. The highest BCUT2D eigenvalue weighted by molar-refractivity contribution is 8.93. The van der Waals surface area contributed by atoms with Gasteiger partial charge in [-0.3, -0.25) is 0 Å². The maximum absolute atomic E-state index is 2.61. The van der Waals surface area contributed by atoms with Crippen molar-refractivity contribution in [2.45, 2.75) is 213 Å². The summed E-state index contributed by atoms with van der Waals surface area (Å²) in [7, 11) is 2.61. The molecular formula is C37H82BrN2+. The van der Waals surface area contributed by atoms with Crippen LogP contribution in [0.1, 0.15) is 213 Å². The first kappa shape index (κ1) is 44.8. The first-order valence-corrected chi connectivity index (χ1v) is 18.5. The number of unbranched alkanes of at least 4 members (excludes halogenated alkanes) is 27. The number of halogens is 1. The molecule has 0 unspecified atom stereocenters. The normalized spacial score (nSPS) is 11.4. The Morgan fingerprint density at radius 1 is 0.275 bits per heavy atom. The molecular weight excluding hydrogens is 552 g/mol. The van der Waals surface area contributed by atoms with Crippen LogP contribution >= 0.6 is 17.0 Å². The second-order valence-electron chi connectivity index (χ2n) is 13.3. The molecule has 0 aliphatic heterocycles. The van der Waals surface area contributed by atoms with Gasteiger partial charge >= 0.3 is 0 Å². The fourth-order valence-corrected chi connectivity index (χ4v) is 6.28. The summed E-state index contributed by atoms with van der Waals surface area (Å²) in [5, 5.41) is 0. The molecule has 3 N–H and O–H groups in total. The molecule has 0 spiro atoms. The van der Waals surface area contributed by atoms with Crippen molar-refractivity contribution in [2.75, 3.05) is 26.7 Å². The maximum Gasteiger partial charge on any atom is 0.0784 e. The summed E-state index contributed by atoms with van der Waals surface area (Å²) in [4.78, 5) is 0. The quantitative estimate of drug-likeness (QED) is 0.0566. The fraction of sp³-hybridized carbons (Fsp3) is 1.00. The molecule has 0 fully saturated rings. The second kappa shape index (κ2) is 37.4. The summed E-state index contributed by atoms with van der Waals surface area (Å²) in [6.07, 6.45) is 43.8. The van der Waals surface area contributed by atoms with Crippen LogP contribution in [0.4, 0.5) is 0 Å². The Labute approximate surface area is 266 Å². The highest BCUT2D eigenvalue weighted by atomic mass is 79.9. The molecule has 0 saturated heterocycles. The molecule has 0 aromatic carbocycles. The lowest BCUT2D eigenvalue weighted by atomic mass is 10.0. The van der Waals surface area contributed by atoms with Crippen LogP contribution in [-0.4, -0.2) is 31.2 Å². The van der Waals surface area contributed by atoms with Gasteiger partial charge in [-0.05, 0) is 38.5 Å². The molecule has 0 rings (SSSR count). The number of hydrogen-bond acceptors (Lipinski definition) is 1. The summed E-state index contributed by atoms with van der Waals surface area (Å²) in [5.41, 5.74) is 0. The molecule has 0 aliphatic carbocycles. The van der Waals surface area contributed by atoms with E-state index < -0.39 is 0 Å². The van der Waals surface area contributed by atoms with E-state index in [0.717, 1.165) is 0 Å². The Morgan fingerprint density at radius 3 is 0.600 bits per heavy atom. The number of nitrogens with zero attached hydrogens (tertiary/aromatic N) is 1. The third-order valence-corrected chi connectivity index (χ3v) is 9.15. The molecule has 0 amide bonds. The molecule has 0 saturated carbocycles. The van der Waals surface area contributed by atoms with Crippen LogP contribution in [0.25, 0.3) is 0 Å².